The average Bonchev–Trinajstić information content (AvgIpc) is 2.17. The maximum atomic E-state index is 12.1. The molecule has 2 N–H and O–H groups in total. The zero-order valence-corrected chi connectivity index (χ0v) is 7.26. The smallest absolute Gasteiger partial charge is 0.109 e. The van der Waals surface area contributed by atoms with Crippen LogP contribution in [0.5, 0.6) is 0 Å². The Morgan fingerprint density at radius 2 is 1.92 bits per heavy atom. The topological polar surface area (TPSA) is 26.0 Å². The first-order valence-corrected chi connectivity index (χ1v) is 4.18. The Hall–Kier alpha value is -0.890. The fourth-order valence-electron chi connectivity index (χ4n) is 1.09. The molecular weight excluding hydrogens is 153 g/mol. The van der Waals surface area contributed by atoms with E-state index in [-0.39, 0.29) is 0 Å². The van der Waals surface area contributed by atoms with Crippen LogP contribution in [0.3, 0.4) is 0 Å². The summed E-state index contributed by atoms with van der Waals surface area (Å²) < 4.78 is 12.1. The number of hydrogen-bond donors (Lipinski definition) is 1. The fraction of sp³-hybridized carbons (Fsp3) is 0.400. The molecule has 12 heavy (non-hydrogen) atoms. The maximum absolute atomic E-state index is 12.1. The van der Waals surface area contributed by atoms with Gasteiger partial charge < -0.3 is 5.73 Å². The standard InChI is InChI=1S/C10H14FN/c1-2-8-3-5-9(6-4-8)10(12)7-11/h3-6,10H,2,7,12H2,1H3. The van der Waals surface area contributed by atoms with Gasteiger partial charge in [-0.3, -0.25) is 0 Å². The molecule has 1 unspecified atom stereocenters. The third-order valence-electron chi connectivity index (χ3n) is 1.98. The van der Waals surface area contributed by atoms with E-state index in [0.29, 0.717) is 0 Å². The fourth-order valence-corrected chi connectivity index (χ4v) is 1.09. The van der Waals surface area contributed by atoms with Crippen molar-refractivity contribution in [1.82, 2.24) is 0 Å². The van der Waals surface area contributed by atoms with Gasteiger partial charge in [0.15, 0.2) is 0 Å². The molecule has 1 aromatic carbocycles. The predicted octanol–water partition coefficient (Wildman–Crippen LogP) is 2.22. The largest absolute Gasteiger partial charge is 0.322 e. The van der Waals surface area contributed by atoms with Gasteiger partial charge in [-0.05, 0) is 17.5 Å². The lowest BCUT2D eigenvalue weighted by atomic mass is 10.1. The van der Waals surface area contributed by atoms with Crippen LogP contribution in [0.25, 0.3) is 0 Å². The molecule has 66 valence electrons. The van der Waals surface area contributed by atoms with E-state index < -0.39 is 12.7 Å². The van der Waals surface area contributed by atoms with E-state index in [4.69, 9.17) is 5.73 Å². The predicted molar refractivity (Wildman–Crippen MR) is 48.7 cm³/mol. The summed E-state index contributed by atoms with van der Waals surface area (Å²) in [6, 6.07) is 7.30. The van der Waals surface area contributed by atoms with Crippen LogP contribution >= 0.6 is 0 Å². The summed E-state index contributed by atoms with van der Waals surface area (Å²) in [5.41, 5.74) is 7.64. The Morgan fingerprint density at radius 3 is 2.33 bits per heavy atom. The van der Waals surface area contributed by atoms with Gasteiger partial charge in [0.2, 0.25) is 0 Å². The highest BCUT2D eigenvalue weighted by atomic mass is 19.1. The lowest BCUT2D eigenvalue weighted by Crippen LogP contribution is -2.11. The minimum atomic E-state index is -0.495. The summed E-state index contributed by atoms with van der Waals surface area (Å²) in [5, 5.41) is 0. The molecule has 2 heteroatoms. The van der Waals surface area contributed by atoms with E-state index in [2.05, 4.69) is 6.92 Å². The van der Waals surface area contributed by atoms with Gasteiger partial charge in [0.25, 0.3) is 0 Å². The van der Waals surface area contributed by atoms with Crippen molar-refractivity contribution in [2.45, 2.75) is 19.4 Å². The van der Waals surface area contributed by atoms with Crippen LogP contribution in [0.1, 0.15) is 24.1 Å². The van der Waals surface area contributed by atoms with Crippen LogP contribution in [-0.2, 0) is 6.42 Å². The van der Waals surface area contributed by atoms with Gasteiger partial charge in [-0.1, -0.05) is 31.2 Å². The van der Waals surface area contributed by atoms with Crippen molar-refractivity contribution in [3.05, 3.63) is 35.4 Å². The zero-order chi connectivity index (χ0) is 8.97. The second-order valence-electron chi connectivity index (χ2n) is 2.86. The minimum absolute atomic E-state index is 0.462. The zero-order valence-electron chi connectivity index (χ0n) is 7.26. The van der Waals surface area contributed by atoms with Crippen molar-refractivity contribution in [3.8, 4) is 0 Å². The highest BCUT2D eigenvalue weighted by Gasteiger charge is 2.03. The van der Waals surface area contributed by atoms with Crippen molar-refractivity contribution in [1.29, 1.82) is 0 Å². The molecule has 0 heterocycles. The molecule has 0 aliphatic carbocycles. The molecule has 1 atom stereocenters. The summed E-state index contributed by atoms with van der Waals surface area (Å²) in [6.45, 7) is 1.59. The molecule has 0 aliphatic rings. The van der Waals surface area contributed by atoms with Gasteiger partial charge in [0, 0.05) is 0 Å². The summed E-state index contributed by atoms with van der Waals surface area (Å²) in [4.78, 5) is 0. The van der Waals surface area contributed by atoms with E-state index >= 15 is 0 Å². The molecule has 0 radical (unpaired) electrons. The Labute approximate surface area is 72.4 Å². The number of alkyl halides is 1. The molecule has 1 aromatic rings. The minimum Gasteiger partial charge on any atom is -0.322 e. The van der Waals surface area contributed by atoms with E-state index in [1.165, 1.54) is 5.56 Å². The van der Waals surface area contributed by atoms with Crippen LogP contribution < -0.4 is 5.73 Å². The van der Waals surface area contributed by atoms with Gasteiger partial charge in [-0.2, -0.15) is 0 Å². The van der Waals surface area contributed by atoms with E-state index in [1.54, 1.807) is 0 Å². The van der Waals surface area contributed by atoms with Crippen LogP contribution in [0, 0.1) is 0 Å². The second kappa shape index (κ2) is 4.21. The van der Waals surface area contributed by atoms with Gasteiger partial charge in [-0.25, -0.2) is 4.39 Å². The maximum Gasteiger partial charge on any atom is 0.109 e. The Kier molecular flexibility index (Phi) is 3.23. The Bertz CT molecular complexity index is 230. The first-order valence-electron chi connectivity index (χ1n) is 4.18. The molecule has 0 bridgehead atoms. The van der Waals surface area contributed by atoms with Crippen molar-refractivity contribution < 1.29 is 4.39 Å². The lowest BCUT2D eigenvalue weighted by molar-refractivity contribution is 0.437. The monoisotopic (exact) mass is 167 g/mol. The van der Waals surface area contributed by atoms with Gasteiger partial charge in [-0.15, -0.1) is 0 Å². The van der Waals surface area contributed by atoms with Gasteiger partial charge in [0.05, 0.1) is 6.04 Å². The van der Waals surface area contributed by atoms with Crippen molar-refractivity contribution in [3.63, 3.8) is 0 Å². The molecule has 0 saturated heterocycles. The van der Waals surface area contributed by atoms with E-state index in [0.717, 1.165) is 12.0 Å². The van der Waals surface area contributed by atoms with Crippen molar-refractivity contribution in [2.24, 2.45) is 5.73 Å². The summed E-state index contributed by atoms with van der Waals surface area (Å²) in [6.07, 6.45) is 1.01. The molecular formula is C10H14FN. The second-order valence-corrected chi connectivity index (χ2v) is 2.86. The summed E-state index contributed by atoms with van der Waals surface area (Å²) in [7, 11) is 0. The summed E-state index contributed by atoms with van der Waals surface area (Å²) in [5.74, 6) is 0. The first kappa shape index (κ1) is 9.20. The molecule has 0 aliphatic heterocycles. The van der Waals surface area contributed by atoms with Crippen LogP contribution in [0.2, 0.25) is 0 Å². The average molecular weight is 167 g/mol. The molecule has 0 aromatic heterocycles. The van der Waals surface area contributed by atoms with Crippen molar-refractivity contribution in [2.75, 3.05) is 6.67 Å². The molecule has 1 nitrogen and oxygen atoms in total. The molecule has 0 amide bonds. The first-order chi connectivity index (χ1) is 5.77. The van der Waals surface area contributed by atoms with Gasteiger partial charge >= 0.3 is 0 Å². The molecule has 0 fully saturated rings. The number of benzene rings is 1. The normalized spacial score (nSPS) is 12.9. The number of rotatable bonds is 3. The van der Waals surface area contributed by atoms with Crippen LogP contribution in [0.15, 0.2) is 24.3 Å². The Balaban J connectivity index is 2.77. The number of aryl methyl sites for hydroxylation is 1. The molecule has 0 saturated carbocycles. The SMILES string of the molecule is CCc1ccc(C(N)CF)cc1. The highest BCUT2D eigenvalue weighted by molar-refractivity contribution is 5.24. The van der Waals surface area contributed by atoms with Crippen LogP contribution in [0.4, 0.5) is 4.39 Å². The number of hydrogen-bond acceptors (Lipinski definition) is 1. The van der Waals surface area contributed by atoms with Gasteiger partial charge in [0.1, 0.15) is 6.67 Å². The Morgan fingerprint density at radius 1 is 1.33 bits per heavy atom. The highest BCUT2D eigenvalue weighted by Crippen LogP contribution is 2.12. The summed E-state index contributed by atoms with van der Waals surface area (Å²) >= 11 is 0. The van der Waals surface area contributed by atoms with E-state index in [9.17, 15) is 4.39 Å². The van der Waals surface area contributed by atoms with Crippen LogP contribution in [-0.4, -0.2) is 6.67 Å². The number of nitrogens with two attached hydrogens (primary N) is 1. The van der Waals surface area contributed by atoms with Crippen molar-refractivity contribution >= 4 is 0 Å². The lowest BCUT2D eigenvalue weighted by Gasteiger charge is -2.07. The molecule has 0 spiro atoms. The van der Waals surface area contributed by atoms with E-state index in [1.807, 2.05) is 24.3 Å². The third kappa shape index (κ3) is 2.05. The third-order valence-corrected chi connectivity index (χ3v) is 1.98. The number of halogens is 1. The quantitative estimate of drug-likeness (QED) is 0.734. The molecule has 1 rings (SSSR count).